The van der Waals surface area contributed by atoms with Gasteiger partial charge in [0.1, 0.15) is 16.6 Å². The highest BCUT2D eigenvalue weighted by Gasteiger charge is 2.32. The molecule has 11 heteroatoms. The summed E-state index contributed by atoms with van der Waals surface area (Å²) in [5.74, 6) is -2.29. The van der Waals surface area contributed by atoms with Gasteiger partial charge in [-0.3, -0.25) is 4.79 Å². The van der Waals surface area contributed by atoms with E-state index in [0.29, 0.717) is 41.9 Å². The average molecular weight is 493 g/mol. The molecule has 33 heavy (non-hydrogen) atoms. The lowest BCUT2D eigenvalue weighted by atomic mass is 9.99. The molecule has 3 aromatic rings. The van der Waals surface area contributed by atoms with Crippen molar-refractivity contribution in [3.05, 3.63) is 69.2 Å². The number of hydrogen-bond acceptors (Lipinski definition) is 6. The number of aromatic nitrogens is 2. The molecule has 4 rings (SSSR count). The number of nitrogens with one attached hydrogen (secondary N) is 1. The van der Waals surface area contributed by atoms with Crippen molar-refractivity contribution in [3.63, 3.8) is 0 Å². The Labute approximate surface area is 194 Å². The maximum atomic E-state index is 13.8. The van der Waals surface area contributed by atoms with Crippen molar-refractivity contribution in [2.45, 2.75) is 37.5 Å². The lowest BCUT2D eigenvalue weighted by molar-refractivity contribution is 0.102. The van der Waals surface area contributed by atoms with E-state index < -0.39 is 27.6 Å². The molecule has 174 valence electrons. The third-order valence-electron chi connectivity index (χ3n) is 5.45. The van der Waals surface area contributed by atoms with E-state index in [9.17, 15) is 22.0 Å². The van der Waals surface area contributed by atoms with Crippen molar-refractivity contribution in [1.82, 2.24) is 14.5 Å². The Morgan fingerprint density at radius 3 is 2.36 bits per heavy atom. The van der Waals surface area contributed by atoms with Crippen LogP contribution in [0.25, 0.3) is 0 Å². The maximum absolute atomic E-state index is 13.8. The van der Waals surface area contributed by atoms with Gasteiger partial charge in [0, 0.05) is 25.1 Å². The minimum Gasteiger partial charge on any atom is -0.317 e. The zero-order valence-electron chi connectivity index (χ0n) is 18.0. The number of carbonyl (C=O) groups is 1. The number of benzene rings is 2. The molecule has 0 spiro atoms. The second kappa shape index (κ2) is 9.24. The highest BCUT2D eigenvalue weighted by atomic mass is 32.2. The summed E-state index contributed by atoms with van der Waals surface area (Å²) in [6.45, 7) is 4.40. The monoisotopic (exact) mass is 492 g/mol. The van der Waals surface area contributed by atoms with E-state index in [1.165, 1.54) is 4.31 Å². The van der Waals surface area contributed by atoms with Crippen molar-refractivity contribution < 1.29 is 22.0 Å². The molecular weight excluding hydrogens is 470 g/mol. The van der Waals surface area contributed by atoms with Crippen LogP contribution < -0.4 is 5.32 Å². The fourth-order valence-electron chi connectivity index (χ4n) is 3.83. The zero-order valence-corrected chi connectivity index (χ0v) is 19.6. The lowest BCUT2D eigenvalue weighted by Gasteiger charge is -2.30. The highest BCUT2D eigenvalue weighted by molar-refractivity contribution is 7.89. The van der Waals surface area contributed by atoms with Gasteiger partial charge in [0.05, 0.1) is 10.6 Å². The molecule has 1 aliphatic rings. The molecule has 1 amide bonds. The van der Waals surface area contributed by atoms with Crippen molar-refractivity contribution in [2.75, 3.05) is 18.4 Å². The summed E-state index contributed by atoms with van der Waals surface area (Å²) in [5, 5.41) is 11.0. The summed E-state index contributed by atoms with van der Waals surface area (Å²) in [6.07, 6.45) is 1.10. The van der Waals surface area contributed by atoms with E-state index in [1.54, 1.807) is 12.1 Å². The van der Waals surface area contributed by atoms with Crippen molar-refractivity contribution >= 4 is 33.0 Å². The first-order valence-electron chi connectivity index (χ1n) is 10.3. The van der Waals surface area contributed by atoms with Crippen molar-refractivity contribution in [1.29, 1.82) is 0 Å². The molecule has 1 fully saturated rings. The molecular formula is C22H22F2N4O3S2. The number of hydrogen-bond donors (Lipinski definition) is 1. The number of piperidine rings is 1. The van der Waals surface area contributed by atoms with Crippen LogP contribution in [0, 0.1) is 25.5 Å². The molecule has 2 aromatic carbocycles. The normalized spacial score (nSPS) is 15.5. The van der Waals surface area contributed by atoms with Crippen LogP contribution in [0.2, 0.25) is 0 Å². The Morgan fingerprint density at radius 2 is 1.73 bits per heavy atom. The Hall–Kier alpha value is -2.76. The predicted octanol–water partition coefficient (Wildman–Crippen LogP) is 4.25. The number of amides is 1. The minimum absolute atomic E-state index is 0.0303. The topological polar surface area (TPSA) is 92.3 Å². The van der Waals surface area contributed by atoms with Gasteiger partial charge in [0.25, 0.3) is 5.91 Å². The SMILES string of the molecule is Cc1cc(C)cc(S(=O)(=O)N2CCC(c3nnc(C(=O)Nc4ccc(F)cc4F)s3)CC2)c1. The Balaban J connectivity index is 1.41. The van der Waals surface area contributed by atoms with Crippen LogP contribution in [-0.4, -0.2) is 41.9 Å². The molecule has 0 bridgehead atoms. The molecule has 0 aliphatic carbocycles. The molecule has 0 unspecified atom stereocenters. The summed E-state index contributed by atoms with van der Waals surface area (Å²) in [5.41, 5.74) is 1.63. The molecule has 1 saturated heterocycles. The standard InChI is InChI=1S/C22H22F2N4O3S2/c1-13-9-14(2)11-17(10-13)33(30,31)28-7-5-15(6-8-28)21-26-27-22(32-21)20(29)25-19-4-3-16(23)12-18(19)24/h3-4,9-12,15H,5-8H2,1-2H3,(H,25,29). The Morgan fingerprint density at radius 1 is 1.06 bits per heavy atom. The van der Waals surface area contributed by atoms with E-state index >= 15 is 0 Å². The van der Waals surface area contributed by atoms with E-state index in [2.05, 4.69) is 15.5 Å². The number of halogens is 2. The first kappa shape index (κ1) is 23.4. The molecule has 0 atom stereocenters. The fourth-order valence-corrected chi connectivity index (χ4v) is 6.40. The van der Waals surface area contributed by atoms with E-state index in [4.69, 9.17) is 0 Å². The maximum Gasteiger partial charge on any atom is 0.286 e. The Bertz CT molecular complexity index is 1280. The first-order valence-corrected chi connectivity index (χ1v) is 12.6. The van der Waals surface area contributed by atoms with Crippen LogP contribution in [0.15, 0.2) is 41.3 Å². The predicted molar refractivity (Wildman–Crippen MR) is 121 cm³/mol. The average Bonchev–Trinajstić information content (AvgIpc) is 3.25. The van der Waals surface area contributed by atoms with Crippen LogP contribution in [0.3, 0.4) is 0 Å². The molecule has 7 nitrogen and oxygen atoms in total. The summed E-state index contributed by atoms with van der Waals surface area (Å²) in [4.78, 5) is 12.7. The number of aryl methyl sites for hydroxylation is 2. The second-order valence-corrected chi connectivity index (χ2v) is 11.0. The number of anilines is 1. The summed E-state index contributed by atoms with van der Waals surface area (Å²) < 4.78 is 54.4. The van der Waals surface area contributed by atoms with Crippen molar-refractivity contribution in [3.8, 4) is 0 Å². The smallest absolute Gasteiger partial charge is 0.286 e. The van der Waals surface area contributed by atoms with Gasteiger partial charge < -0.3 is 5.32 Å². The highest BCUT2D eigenvalue weighted by Crippen LogP contribution is 2.33. The van der Waals surface area contributed by atoms with Gasteiger partial charge in [0.2, 0.25) is 15.0 Å². The molecule has 1 N–H and O–H groups in total. The van der Waals surface area contributed by atoms with Crippen LogP contribution >= 0.6 is 11.3 Å². The largest absolute Gasteiger partial charge is 0.317 e. The molecule has 0 saturated carbocycles. The molecule has 1 aromatic heterocycles. The Kier molecular flexibility index (Phi) is 6.55. The molecule has 0 radical (unpaired) electrons. The number of sulfonamides is 1. The van der Waals surface area contributed by atoms with E-state index in [1.807, 2.05) is 19.9 Å². The van der Waals surface area contributed by atoms with Gasteiger partial charge in [-0.05, 0) is 62.1 Å². The third kappa shape index (κ3) is 5.10. The van der Waals surface area contributed by atoms with E-state index in [-0.39, 0.29) is 16.6 Å². The number of carbonyl (C=O) groups excluding carboxylic acids is 1. The molecule has 1 aliphatic heterocycles. The summed E-state index contributed by atoms with van der Waals surface area (Å²) in [6, 6.07) is 8.14. The van der Waals surface area contributed by atoms with Gasteiger partial charge in [-0.25, -0.2) is 17.2 Å². The van der Waals surface area contributed by atoms with Gasteiger partial charge in [-0.2, -0.15) is 4.31 Å². The zero-order chi connectivity index (χ0) is 23.8. The van der Waals surface area contributed by atoms with Crippen LogP contribution in [0.4, 0.5) is 14.5 Å². The molecule has 2 heterocycles. The van der Waals surface area contributed by atoms with Crippen LogP contribution in [-0.2, 0) is 10.0 Å². The minimum atomic E-state index is -3.59. The quantitative estimate of drug-likeness (QED) is 0.575. The summed E-state index contributed by atoms with van der Waals surface area (Å²) in [7, 11) is -3.59. The van der Waals surface area contributed by atoms with Gasteiger partial charge >= 0.3 is 0 Å². The van der Waals surface area contributed by atoms with Crippen LogP contribution in [0.1, 0.15) is 44.7 Å². The third-order valence-corrected chi connectivity index (χ3v) is 8.41. The fraction of sp³-hybridized carbons (Fsp3) is 0.318. The number of nitrogens with zero attached hydrogens (tertiary/aromatic N) is 3. The summed E-state index contributed by atoms with van der Waals surface area (Å²) >= 11 is 1.09. The van der Waals surface area contributed by atoms with Crippen molar-refractivity contribution in [2.24, 2.45) is 0 Å². The second-order valence-electron chi connectivity index (χ2n) is 8.03. The van der Waals surface area contributed by atoms with Gasteiger partial charge in [-0.15, -0.1) is 10.2 Å². The van der Waals surface area contributed by atoms with E-state index in [0.717, 1.165) is 34.6 Å². The van der Waals surface area contributed by atoms with Gasteiger partial charge in [-0.1, -0.05) is 17.4 Å². The van der Waals surface area contributed by atoms with Gasteiger partial charge in [0.15, 0.2) is 0 Å². The van der Waals surface area contributed by atoms with Crippen LogP contribution in [0.5, 0.6) is 0 Å². The lowest BCUT2D eigenvalue weighted by Crippen LogP contribution is -2.37. The first-order chi connectivity index (χ1) is 15.6. The number of rotatable bonds is 5.